The van der Waals surface area contributed by atoms with Crippen LogP contribution < -0.4 is 5.90 Å². The minimum atomic E-state index is -4.77. The summed E-state index contributed by atoms with van der Waals surface area (Å²) in [5.41, 5.74) is 0.295. The molecule has 0 amide bonds. The Bertz CT molecular complexity index is 968. The average Bonchev–Trinajstić information content (AvgIpc) is 2.54. The van der Waals surface area contributed by atoms with Crippen LogP contribution in [0.1, 0.15) is 17.2 Å². The Morgan fingerprint density at radius 1 is 1.00 bits per heavy atom. The molecule has 2 aromatic rings. The number of hydrogen-bond donors (Lipinski definition) is 3. The lowest BCUT2D eigenvalue weighted by Gasteiger charge is -2.17. The van der Waals surface area contributed by atoms with Gasteiger partial charge in [-0.2, -0.15) is 16.8 Å². The molecule has 2 rings (SSSR count). The molecule has 0 aliphatic rings. The fourth-order valence-corrected chi connectivity index (χ4v) is 4.02. The number of benzene rings is 2. The minimum absolute atomic E-state index is 0.0608. The van der Waals surface area contributed by atoms with Gasteiger partial charge < -0.3 is 4.55 Å². The van der Waals surface area contributed by atoms with Crippen LogP contribution in [-0.2, 0) is 36.2 Å². The molecule has 0 heterocycles. The van der Waals surface area contributed by atoms with Gasteiger partial charge in [-0.05, 0) is 52.6 Å². The van der Waals surface area contributed by atoms with E-state index in [4.69, 9.17) is 10.7 Å². The van der Waals surface area contributed by atoms with Crippen molar-refractivity contribution in [2.75, 3.05) is 6.26 Å². The van der Waals surface area contributed by atoms with E-state index < -0.39 is 47.3 Å². The van der Waals surface area contributed by atoms with E-state index in [0.717, 1.165) is 12.1 Å². The number of hydrogen-bond acceptors (Lipinski definition) is 7. The molecular formula is C14H15NO8S3. The van der Waals surface area contributed by atoms with Crippen molar-refractivity contribution >= 4 is 31.4 Å². The van der Waals surface area contributed by atoms with E-state index in [-0.39, 0.29) is 5.56 Å². The molecule has 142 valence electrons. The standard InChI is InChI=1S/C14H15NO8S3/c1-24(16)11-4-2-3-9(5-11)14(23-15)10-6-12(25(17,18)19)8-13(7-10)26(20,21)22/h2-8,14H,15H2,1H3,(H,17,18,19)(H,20,21,22). The zero-order valence-corrected chi connectivity index (χ0v) is 15.7. The van der Waals surface area contributed by atoms with Crippen molar-refractivity contribution in [2.45, 2.75) is 20.8 Å². The summed E-state index contributed by atoms with van der Waals surface area (Å²) in [7, 11) is -9.55. The first-order valence-electron chi connectivity index (χ1n) is 6.82. The van der Waals surface area contributed by atoms with Crippen molar-refractivity contribution in [3.05, 3.63) is 53.6 Å². The first-order valence-corrected chi connectivity index (χ1v) is 11.3. The summed E-state index contributed by atoms with van der Waals surface area (Å²) in [5, 5.41) is 0. The molecule has 2 atom stereocenters. The van der Waals surface area contributed by atoms with Gasteiger partial charge in [-0.25, -0.2) is 5.90 Å². The van der Waals surface area contributed by atoms with Crippen molar-refractivity contribution in [3.63, 3.8) is 0 Å². The van der Waals surface area contributed by atoms with Crippen molar-refractivity contribution in [2.24, 2.45) is 5.90 Å². The van der Waals surface area contributed by atoms with Gasteiger partial charge in [0.2, 0.25) is 0 Å². The van der Waals surface area contributed by atoms with Gasteiger partial charge in [0, 0.05) is 0 Å². The summed E-state index contributed by atoms with van der Waals surface area (Å²) in [6, 6.07) is 8.69. The third kappa shape index (κ3) is 4.81. The van der Waals surface area contributed by atoms with E-state index in [9.17, 15) is 30.5 Å². The van der Waals surface area contributed by atoms with E-state index in [0.29, 0.717) is 16.5 Å². The van der Waals surface area contributed by atoms with E-state index in [1.165, 1.54) is 12.3 Å². The van der Waals surface area contributed by atoms with Crippen LogP contribution >= 0.6 is 0 Å². The Kier molecular flexibility index (Phi) is 6.09. The van der Waals surface area contributed by atoms with Crippen molar-refractivity contribution in [1.82, 2.24) is 0 Å². The summed E-state index contributed by atoms with van der Waals surface area (Å²) in [6.07, 6.45) is 0.299. The van der Waals surface area contributed by atoms with Gasteiger partial charge in [0.25, 0.3) is 20.2 Å². The first-order chi connectivity index (χ1) is 11.9. The predicted octanol–water partition coefficient (Wildman–Crippen LogP) is 0.897. The molecule has 0 saturated heterocycles. The average molecular weight is 421 g/mol. The normalized spacial score (nSPS) is 14.8. The Hall–Kier alpha value is -1.51. The van der Waals surface area contributed by atoms with Gasteiger partial charge in [-0.1, -0.05) is 12.1 Å². The molecule has 0 aliphatic carbocycles. The maximum atomic E-state index is 11.6. The molecule has 0 radical (unpaired) electrons. The highest BCUT2D eigenvalue weighted by Crippen LogP contribution is 2.30. The zero-order valence-electron chi connectivity index (χ0n) is 13.3. The van der Waals surface area contributed by atoms with Gasteiger partial charge in [-0.15, -0.1) is 0 Å². The molecule has 9 nitrogen and oxygen atoms in total. The highest BCUT2D eigenvalue weighted by atomic mass is 32.2. The largest absolute Gasteiger partial charge is 0.612 e. The van der Waals surface area contributed by atoms with E-state index >= 15 is 0 Å². The summed E-state index contributed by atoms with van der Waals surface area (Å²) in [6.45, 7) is 0. The maximum Gasteiger partial charge on any atom is 0.294 e. The predicted molar refractivity (Wildman–Crippen MR) is 92.0 cm³/mol. The monoisotopic (exact) mass is 421 g/mol. The molecule has 0 aromatic heterocycles. The lowest BCUT2D eigenvalue weighted by Crippen LogP contribution is -2.14. The second kappa shape index (κ2) is 7.62. The SMILES string of the molecule is C[S+]([O-])c1cccc(C(ON)c2cc(S(=O)(=O)O)cc(S(=O)(=O)O)c2)c1. The molecule has 12 heteroatoms. The zero-order chi connectivity index (χ0) is 19.7. The Morgan fingerprint density at radius 2 is 1.54 bits per heavy atom. The van der Waals surface area contributed by atoms with Crippen LogP contribution in [0, 0.1) is 0 Å². The molecule has 0 bridgehead atoms. The van der Waals surface area contributed by atoms with E-state index in [2.05, 4.69) is 0 Å². The van der Waals surface area contributed by atoms with Crippen LogP contribution in [0.25, 0.3) is 0 Å². The molecule has 0 spiro atoms. The minimum Gasteiger partial charge on any atom is -0.612 e. The Morgan fingerprint density at radius 3 is 1.96 bits per heavy atom. The highest BCUT2D eigenvalue weighted by molar-refractivity contribution is 7.90. The number of nitrogens with two attached hydrogens (primary N) is 1. The fourth-order valence-electron chi connectivity index (χ4n) is 2.25. The van der Waals surface area contributed by atoms with Gasteiger partial charge in [0.1, 0.15) is 12.4 Å². The van der Waals surface area contributed by atoms with Gasteiger partial charge >= 0.3 is 0 Å². The van der Waals surface area contributed by atoms with Gasteiger partial charge in [0.15, 0.2) is 4.90 Å². The highest BCUT2D eigenvalue weighted by Gasteiger charge is 2.23. The molecule has 4 N–H and O–H groups in total. The van der Waals surface area contributed by atoms with Crippen molar-refractivity contribution < 1.29 is 35.3 Å². The third-order valence-electron chi connectivity index (χ3n) is 3.43. The summed E-state index contributed by atoms with van der Waals surface area (Å²) in [4.78, 5) is 3.75. The topological polar surface area (TPSA) is 167 Å². The molecule has 26 heavy (non-hydrogen) atoms. The molecule has 2 unspecified atom stereocenters. The van der Waals surface area contributed by atoms with Crippen molar-refractivity contribution in [1.29, 1.82) is 0 Å². The van der Waals surface area contributed by atoms with E-state index in [1.54, 1.807) is 18.2 Å². The second-order valence-corrected chi connectivity index (χ2v) is 9.45. The van der Waals surface area contributed by atoms with Crippen LogP contribution in [0.5, 0.6) is 0 Å². The van der Waals surface area contributed by atoms with Crippen LogP contribution in [0.15, 0.2) is 57.2 Å². The second-order valence-electron chi connectivity index (χ2n) is 5.23. The summed E-state index contributed by atoms with van der Waals surface area (Å²) >= 11 is -1.32. The van der Waals surface area contributed by atoms with Gasteiger partial charge in [0.05, 0.1) is 9.79 Å². The molecular weight excluding hydrogens is 406 g/mol. The lowest BCUT2D eigenvalue weighted by atomic mass is 10.0. The smallest absolute Gasteiger partial charge is 0.294 e. The Balaban J connectivity index is 2.69. The lowest BCUT2D eigenvalue weighted by molar-refractivity contribution is 0.0809. The third-order valence-corrected chi connectivity index (χ3v) is 6.01. The molecule has 0 saturated carbocycles. The molecule has 0 aliphatic heterocycles. The molecule has 0 fully saturated rings. The first kappa shape index (κ1) is 20.8. The van der Waals surface area contributed by atoms with Crippen LogP contribution in [0.4, 0.5) is 0 Å². The van der Waals surface area contributed by atoms with Crippen molar-refractivity contribution in [3.8, 4) is 0 Å². The summed E-state index contributed by atoms with van der Waals surface area (Å²) in [5.74, 6) is 5.28. The quantitative estimate of drug-likeness (QED) is 0.348. The van der Waals surface area contributed by atoms with Gasteiger partial charge in [-0.3, -0.25) is 13.9 Å². The van der Waals surface area contributed by atoms with E-state index in [1.807, 2.05) is 0 Å². The number of rotatable bonds is 6. The Labute approximate surface area is 153 Å². The summed E-state index contributed by atoms with van der Waals surface area (Å²) < 4.78 is 75.8. The fraction of sp³-hybridized carbons (Fsp3) is 0.143. The maximum absolute atomic E-state index is 11.6. The van der Waals surface area contributed by atoms with Crippen LogP contribution in [0.3, 0.4) is 0 Å². The van der Waals surface area contributed by atoms with Crippen LogP contribution in [-0.4, -0.2) is 36.7 Å². The van der Waals surface area contributed by atoms with Crippen LogP contribution in [0.2, 0.25) is 0 Å². The molecule has 2 aromatic carbocycles.